The monoisotopic (exact) mass is 299 g/mol. The van der Waals surface area contributed by atoms with E-state index < -0.39 is 12.2 Å². The first kappa shape index (κ1) is 16.3. The summed E-state index contributed by atoms with van der Waals surface area (Å²) in [6.07, 6.45) is -0.167. The Morgan fingerprint density at radius 1 is 1.00 bits per heavy atom. The van der Waals surface area contributed by atoms with Crippen LogP contribution in [0.25, 0.3) is 0 Å². The summed E-state index contributed by atoms with van der Waals surface area (Å²) < 4.78 is 9.98. The van der Waals surface area contributed by atoms with Crippen molar-refractivity contribution < 1.29 is 19.1 Å². The second-order valence-corrected chi connectivity index (χ2v) is 4.48. The van der Waals surface area contributed by atoms with Gasteiger partial charge in [-0.15, -0.1) is 0 Å². The van der Waals surface area contributed by atoms with Crippen LogP contribution in [0.4, 0.5) is 15.3 Å². The van der Waals surface area contributed by atoms with Crippen molar-refractivity contribution in [2.24, 2.45) is 0 Å². The molecule has 0 unspecified atom stereocenters. The van der Waals surface area contributed by atoms with Gasteiger partial charge in [0.15, 0.2) is 0 Å². The van der Waals surface area contributed by atoms with Crippen LogP contribution in [0.2, 0.25) is 5.02 Å². The van der Waals surface area contributed by atoms with Crippen LogP contribution in [0, 0.1) is 0 Å². The van der Waals surface area contributed by atoms with E-state index in [1.54, 1.807) is 24.3 Å². The fourth-order valence-corrected chi connectivity index (χ4v) is 1.51. The fourth-order valence-electron chi connectivity index (χ4n) is 1.38. The Morgan fingerprint density at radius 2 is 1.45 bits per heavy atom. The number of hydrogen-bond acceptors (Lipinski definition) is 4. The van der Waals surface area contributed by atoms with Gasteiger partial charge in [0.1, 0.15) is 0 Å². The molecule has 0 aliphatic carbocycles. The summed E-state index contributed by atoms with van der Waals surface area (Å²) in [4.78, 5) is 24.8. The highest BCUT2D eigenvalue weighted by Crippen LogP contribution is 2.20. The third-order valence-corrected chi connectivity index (χ3v) is 2.56. The minimum atomic E-state index is -0.754. The number of imide groups is 1. The number of halogens is 1. The number of rotatable bonds is 5. The van der Waals surface area contributed by atoms with E-state index in [1.807, 2.05) is 13.8 Å². The number of anilines is 1. The smallest absolute Gasteiger partial charge is 0.424 e. The molecule has 1 aromatic carbocycles. The lowest BCUT2D eigenvalue weighted by molar-refractivity contribution is 0.134. The third kappa shape index (κ3) is 4.74. The zero-order valence-electron chi connectivity index (χ0n) is 11.6. The molecule has 0 aliphatic rings. The van der Waals surface area contributed by atoms with Crippen molar-refractivity contribution in [3.8, 4) is 0 Å². The Balaban J connectivity index is 2.91. The molecule has 0 fully saturated rings. The van der Waals surface area contributed by atoms with Crippen molar-refractivity contribution in [3.63, 3.8) is 0 Å². The van der Waals surface area contributed by atoms with Crippen LogP contribution in [-0.4, -0.2) is 25.4 Å². The molecule has 0 saturated carbocycles. The molecule has 0 aromatic heterocycles. The Labute approximate surface area is 123 Å². The van der Waals surface area contributed by atoms with Gasteiger partial charge >= 0.3 is 12.2 Å². The molecule has 1 aromatic rings. The van der Waals surface area contributed by atoms with Gasteiger partial charge in [-0.1, -0.05) is 25.4 Å². The summed E-state index contributed by atoms with van der Waals surface area (Å²) in [6, 6.07) is 6.29. The summed E-state index contributed by atoms with van der Waals surface area (Å²) in [5, 5.41) is 0.512. The molecule has 2 amide bonds. The number of benzene rings is 1. The molecule has 0 radical (unpaired) electrons. The average Bonchev–Trinajstić information content (AvgIpc) is 2.45. The molecule has 0 bridgehead atoms. The van der Waals surface area contributed by atoms with Crippen molar-refractivity contribution in [3.05, 3.63) is 29.3 Å². The fraction of sp³-hybridized carbons (Fsp3) is 0.429. The molecule has 6 heteroatoms. The van der Waals surface area contributed by atoms with Crippen LogP contribution in [0.1, 0.15) is 26.7 Å². The molecule has 20 heavy (non-hydrogen) atoms. The number of hydrogen-bond donors (Lipinski definition) is 0. The van der Waals surface area contributed by atoms with Crippen molar-refractivity contribution in [2.45, 2.75) is 26.7 Å². The van der Waals surface area contributed by atoms with E-state index in [9.17, 15) is 9.59 Å². The predicted octanol–water partition coefficient (Wildman–Crippen LogP) is 4.24. The summed E-state index contributed by atoms with van der Waals surface area (Å²) in [5.74, 6) is 0. The van der Waals surface area contributed by atoms with Crippen LogP contribution in [0.5, 0.6) is 0 Å². The quantitative estimate of drug-likeness (QED) is 0.816. The molecule has 1 rings (SSSR count). The Bertz CT molecular complexity index is 427. The van der Waals surface area contributed by atoms with Gasteiger partial charge in [-0.3, -0.25) is 0 Å². The van der Waals surface area contributed by atoms with Crippen LogP contribution < -0.4 is 4.90 Å². The lowest BCUT2D eigenvalue weighted by atomic mass is 10.3. The molecule has 0 atom stereocenters. The molecule has 0 spiro atoms. The van der Waals surface area contributed by atoms with E-state index in [2.05, 4.69) is 0 Å². The maximum absolute atomic E-state index is 12.0. The van der Waals surface area contributed by atoms with E-state index in [0.717, 1.165) is 4.90 Å². The molecule has 5 nitrogen and oxygen atoms in total. The first-order valence-electron chi connectivity index (χ1n) is 6.49. The number of carbonyl (C=O) groups is 2. The molecule has 0 N–H and O–H groups in total. The highest BCUT2D eigenvalue weighted by Gasteiger charge is 2.26. The van der Waals surface area contributed by atoms with Crippen molar-refractivity contribution in [1.29, 1.82) is 0 Å². The van der Waals surface area contributed by atoms with Crippen molar-refractivity contribution >= 4 is 29.5 Å². The Morgan fingerprint density at radius 3 is 1.85 bits per heavy atom. The lowest BCUT2D eigenvalue weighted by Crippen LogP contribution is -2.38. The predicted molar refractivity (Wildman–Crippen MR) is 77.2 cm³/mol. The van der Waals surface area contributed by atoms with E-state index in [-0.39, 0.29) is 13.2 Å². The summed E-state index contributed by atoms with van der Waals surface area (Å²) in [5.41, 5.74) is 0.358. The zero-order chi connectivity index (χ0) is 15.0. The molecule has 110 valence electrons. The maximum Gasteiger partial charge on any atom is 0.424 e. The Hall–Kier alpha value is -1.75. The summed E-state index contributed by atoms with van der Waals surface area (Å²) in [7, 11) is 0. The van der Waals surface area contributed by atoms with Gasteiger partial charge in [0.25, 0.3) is 0 Å². The first-order chi connectivity index (χ1) is 9.60. The lowest BCUT2D eigenvalue weighted by Gasteiger charge is -2.19. The van der Waals surface area contributed by atoms with Crippen LogP contribution in [0.3, 0.4) is 0 Å². The number of nitrogens with zero attached hydrogens (tertiary/aromatic N) is 1. The minimum Gasteiger partial charge on any atom is -0.449 e. The molecule has 0 heterocycles. The van der Waals surface area contributed by atoms with Gasteiger partial charge in [-0.2, -0.15) is 4.90 Å². The van der Waals surface area contributed by atoms with E-state index in [0.29, 0.717) is 23.6 Å². The van der Waals surface area contributed by atoms with Gasteiger partial charge in [-0.25, -0.2) is 9.59 Å². The van der Waals surface area contributed by atoms with Gasteiger partial charge in [-0.05, 0) is 37.1 Å². The largest absolute Gasteiger partial charge is 0.449 e. The van der Waals surface area contributed by atoms with Crippen LogP contribution in [-0.2, 0) is 9.47 Å². The van der Waals surface area contributed by atoms with Gasteiger partial charge < -0.3 is 9.47 Å². The van der Waals surface area contributed by atoms with E-state index in [1.165, 1.54) is 0 Å². The number of ether oxygens (including phenoxy) is 2. The van der Waals surface area contributed by atoms with Gasteiger partial charge in [0.05, 0.1) is 18.9 Å². The standard InChI is InChI=1S/C14H18ClNO4/c1-3-9-19-13(17)16(14(18)20-10-4-2)12-7-5-11(15)6-8-12/h5-8H,3-4,9-10H2,1-2H3. The van der Waals surface area contributed by atoms with Gasteiger partial charge in [0.2, 0.25) is 0 Å². The normalized spacial score (nSPS) is 9.95. The molecular formula is C14H18ClNO4. The molecular weight excluding hydrogens is 282 g/mol. The minimum absolute atomic E-state index is 0.240. The number of carbonyl (C=O) groups excluding carboxylic acids is 2. The zero-order valence-corrected chi connectivity index (χ0v) is 12.4. The third-order valence-electron chi connectivity index (χ3n) is 2.31. The van der Waals surface area contributed by atoms with E-state index in [4.69, 9.17) is 21.1 Å². The van der Waals surface area contributed by atoms with Crippen LogP contribution >= 0.6 is 11.6 Å². The van der Waals surface area contributed by atoms with E-state index >= 15 is 0 Å². The number of amides is 2. The molecule has 0 saturated heterocycles. The SMILES string of the molecule is CCCOC(=O)N(C(=O)OCCC)c1ccc(Cl)cc1. The summed E-state index contributed by atoms with van der Waals surface area (Å²) >= 11 is 5.79. The molecule has 0 aliphatic heterocycles. The topological polar surface area (TPSA) is 55.8 Å². The summed E-state index contributed by atoms with van der Waals surface area (Å²) in [6.45, 7) is 4.22. The van der Waals surface area contributed by atoms with Crippen LogP contribution in [0.15, 0.2) is 24.3 Å². The van der Waals surface area contributed by atoms with Gasteiger partial charge in [0, 0.05) is 5.02 Å². The van der Waals surface area contributed by atoms with Crippen molar-refractivity contribution in [2.75, 3.05) is 18.1 Å². The van der Waals surface area contributed by atoms with Crippen molar-refractivity contribution in [1.82, 2.24) is 0 Å². The highest BCUT2D eigenvalue weighted by molar-refractivity contribution is 6.30. The maximum atomic E-state index is 12.0. The average molecular weight is 300 g/mol. The second kappa shape index (κ2) is 8.43. The Kier molecular flexibility index (Phi) is 6.87. The second-order valence-electron chi connectivity index (χ2n) is 4.04. The highest BCUT2D eigenvalue weighted by atomic mass is 35.5. The first-order valence-corrected chi connectivity index (χ1v) is 6.87.